The Kier molecular flexibility index (Phi) is 5.61. The smallest absolute Gasteiger partial charge is 0.258 e. The molecule has 0 atom stereocenters. The van der Waals surface area contributed by atoms with Crippen LogP contribution in [0.2, 0.25) is 0 Å². The number of aryl methyl sites for hydroxylation is 2. The molecule has 0 radical (unpaired) electrons. The fourth-order valence-corrected chi connectivity index (χ4v) is 2.92. The van der Waals surface area contributed by atoms with E-state index in [1.54, 1.807) is 30.6 Å². The minimum absolute atomic E-state index is 0.104. The average Bonchev–Trinajstić information content (AvgIpc) is 2.77. The largest absolute Gasteiger partial charge is 0.436 e. The normalized spacial score (nSPS) is 10.5. The van der Waals surface area contributed by atoms with Gasteiger partial charge < -0.3 is 10.1 Å². The molecule has 0 aliphatic rings. The first-order valence-corrected chi connectivity index (χ1v) is 9.44. The molecule has 1 N–H and O–H groups in total. The number of anilines is 1. The molecule has 154 valence electrons. The Morgan fingerprint density at radius 1 is 0.968 bits per heavy atom. The molecule has 3 heterocycles. The highest BCUT2D eigenvalue weighted by atomic mass is 19.1. The standard InChI is InChI=1S/C23H18FN5O2/c1-14-5-6-16(31-23-19(24)4-3-8-26-23)10-17(14)20-12-28-21(13-27-20)29-22(30)18-11-25-9-7-15(18)2/h3-13H,1-2H3,(H,28,29,30). The summed E-state index contributed by atoms with van der Waals surface area (Å²) in [6, 6.07) is 9.85. The number of nitrogens with one attached hydrogen (secondary N) is 1. The summed E-state index contributed by atoms with van der Waals surface area (Å²) >= 11 is 0. The van der Waals surface area contributed by atoms with Crippen LogP contribution in [-0.4, -0.2) is 25.8 Å². The fraction of sp³-hybridized carbons (Fsp3) is 0.0870. The van der Waals surface area contributed by atoms with Gasteiger partial charge in [0, 0.05) is 24.2 Å². The number of carbonyl (C=O) groups is 1. The summed E-state index contributed by atoms with van der Waals surface area (Å²) in [4.78, 5) is 29.0. The van der Waals surface area contributed by atoms with Crippen molar-refractivity contribution in [3.05, 3.63) is 89.9 Å². The van der Waals surface area contributed by atoms with Crippen molar-refractivity contribution < 1.29 is 13.9 Å². The quantitative estimate of drug-likeness (QED) is 0.507. The molecule has 0 unspecified atom stereocenters. The molecule has 0 saturated carbocycles. The first-order valence-electron chi connectivity index (χ1n) is 9.44. The first-order chi connectivity index (χ1) is 15.0. The minimum Gasteiger partial charge on any atom is -0.436 e. The van der Waals surface area contributed by atoms with Crippen molar-refractivity contribution in [1.82, 2.24) is 19.9 Å². The highest BCUT2D eigenvalue weighted by Gasteiger charge is 2.12. The topological polar surface area (TPSA) is 89.9 Å². The van der Waals surface area contributed by atoms with Crippen molar-refractivity contribution in [3.63, 3.8) is 0 Å². The van der Waals surface area contributed by atoms with Gasteiger partial charge in [0.2, 0.25) is 0 Å². The predicted molar refractivity (Wildman–Crippen MR) is 113 cm³/mol. The van der Waals surface area contributed by atoms with Gasteiger partial charge in [0.1, 0.15) is 5.75 Å². The van der Waals surface area contributed by atoms with E-state index in [9.17, 15) is 9.18 Å². The number of halogens is 1. The molecule has 4 rings (SSSR count). The van der Waals surface area contributed by atoms with Crippen LogP contribution < -0.4 is 10.1 Å². The number of hydrogen-bond donors (Lipinski definition) is 1. The van der Waals surface area contributed by atoms with Gasteiger partial charge in [0.15, 0.2) is 11.6 Å². The van der Waals surface area contributed by atoms with Crippen LogP contribution in [0.5, 0.6) is 11.6 Å². The fourth-order valence-electron chi connectivity index (χ4n) is 2.92. The molecule has 1 aromatic carbocycles. The first kappa shape index (κ1) is 20.1. The third kappa shape index (κ3) is 4.53. The summed E-state index contributed by atoms with van der Waals surface area (Å²) in [5, 5.41) is 2.72. The molecular weight excluding hydrogens is 397 g/mol. The van der Waals surface area contributed by atoms with Gasteiger partial charge >= 0.3 is 0 Å². The number of nitrogens with zero attached hydrogens (tertiary/aromatic N) is 4. The second-order valence-electron chi connectivity index (χ2n) is 6.80. The minimum atomic E-state index is -0.548. The Hall–Kier alpha value is -4.20. The summed E-state index contributed by atoms with van der Waals surface area (Å²) in [5.41, 5.74) is 3.57. The number of hydrogen-bond acceptors (Lipinski definition) is 6. The van der Waals surface area contributed by atoms with E-state index in [0.717, 1.165) is 16.7 Å². The summed E-state index contributed by atoms with van der Waals surface area (Å²) in [5.74, 6) is -0.223. The molecule has 0 fully saturated rings. The van der Waals surface area contributed by atoms with Crippen molar-refractivity contribution in [2.24, 2.45) is 0 Å². The number of pyridine rings is 2. The monoisotopic (exact) mass is 415 g/mol. The molecule has 1 amide bonds. The highest BCUT2D eigenvalue weighted by Crippen LogP contribution is 2.29. The van der Waals surface area contributed by atoms with Gasteiger partial charge in [-0.15, -0.1) is 0 Å². The maximum absolute atomic E-state index is 13.8. The Morgan fingerprint density at radius 3 is 2.58 bits per heavy atom. The summed E-state index contributed by atoms with van der Waals surface area (Å²) < 4.78 is 19.4. The lowest BCUT2D eigenvalue weighted by Gasteiger charge is -2.10. The second-order valence-corrected chi connectivity index (χ2v) is 6.80. The Bertz CT molecular complexity index is 1240. The van der Waals surface area contributed by atoms with Crippen LogP contribution in [0.1, 0.15) is 21.5 Å². The van der Waals surface area contributed by atoms with Crippen LogP contribution >= 0.6 is 0 Å². The van der Waals surface area contributed by atoms with Gasteiger partial charge in [0.25, 0.3) is 11.8 Å². The number of rotatable bonds is 5. The average molecular weight is 415 g/mol. The van der Waals surface area contributed by atoms with Crippen molar-refractivity contribution >= 4 is 11.7 Å². The zero-order valence-electron chi connectivity index (χ0n) is 16.8. The zero-order chi connectivity index (χ0) is 21.8. The van der Waals surface area contributed by atoms with Gasteiger partial charge in [-0.3, -0.25) is 14.8 Å². The van der Waals surface area contributed by atoms with Crippen LogP contribution in [0.3, 0.4) is 0 Å². The summed E-state index contributed by atoms with van der Waals surface area (Å²) in [6.07, 6.45) is 7.62. The van der Waals surface area contributed by atoms with Crippen molar-refractivity contribution in [3.8, 4) is 22.9 Å². The Morgan fingerprint density at radius 2 is 1.84 bits per heavy atom. The van der Waals surface area contributed by atoms with E-state index in [2.05, 4.69) is 25.3 Å². The van der Waals surface area contributed by atoms with Crippen LogP contribution in [0.15, 0.2) is 67.4 Å². The molecule has 0 aliphatic carbocycles. The van der Waals surface area contributed by atoms with Gasteiger partial charge in [-0.1, -0.05) is 6.07 Å². The second kappa shape index (κ2) is 8.66. The predicted octanol–water partition coefficient (Wildman–Crippen LogP) is 4.73. The lowest BCUT2D eigenvalue weighted by Crippen LogP contribution is -2.14. The highest BCUT2D eigenvalue weighted by molar-refractivity contribution is 6.04. The third-order valence-electron chi connectivity index (χ3n) is 4.60. The third-order valence-corrected chi connectivity index (χ3v) is 4.60. The molecule has 8 heteroatoms. The van der Waals surface area contributed by atoms with E-state index < -0.39 is 5.82 Å². The molecule has 0 saturated heterocycles. The molecule has 3 aromatic heterocycles. The van der Waals surface area contributed by atoms with Crippen molar-refractivity contribution in [2.45, 2.75) is 13.8 Å². The van der Waals surface area contributed by atoms with Crippen LogP contribution in [0, 0.1) is 19.7 Å². The molecule has 0 spiro atoms. The number of aromatic nitrogens is 4. The maximum atomic E-state index is 13.8. The van der Waals surface area contributed by atoms with Crippen LogP contribution in [0.4, 0.5) is 10.2 Å². The Labute approximate surface area is 178 Å². The number of ether oxygens (including phenoxy) is 1. The van der Waals surface area contributed by atoms with E-state index in [0.29, 0.717) is 22.8 Å². The van der Waals surface area contributed by atoms with Crippen LogP contribution in [-0.2, 0) is 0 Å². The number of benzene rings is 1. The van der Waals surface area contributed by atoms with Gasteiger partial charge in [-0.2, -0.15) is 0 Å². The van der Waals surface area contributed by atoms with E-state index in [4.69, 9.17) is 4.74 Å². The van der Waals surface area contributed by atoms with Crippen LogP contribution in [0.25, 0.3) is 11.3 Å². The maximum Gasteiger partial charge on any atom is 0.258 e. The molecule has 0 bridgehead atoms. The van der Waals surface area contributed by atoms with Gasteiger partial charge in [0.05, 0.1) is 23.7 Å². The SMILES string of the molecule is Cc1ccncc1C(=O)Nc1cnc(-c2cc(Oc3ncccc3F)ccc2C)cn1. The van der Waals surface area contributed by atoms with E-state index in [1.165, 1.54) is 30.7 Å². The van der Waals surface area contributed by atoms with E-state index in [1.807, 2.05) is 19.9 Å². The van der Waals surface area contributed by atoms with E-state index >= 15 is 0 Å². The molecule has 7 nitrogen and oxygen atoms in total. The summed E-state index contributed by atoms with van der Waals surface area (Å²) in [6.45, 7) is 3.75. The molecule has 4 aromatic rings. The van der Waals surface area contributed by atoms with Crippen molar-refractivity contribution in [1.29, 1.82) is 0 Å². The molecular formula is C23H18FN5O2. The van der Waals surface area contributed by atoms with Gasteiger partial charge in [-0.05, 0) is 55.3 Å². The molecule has 0 aliphatic heterocycles. The van der Waals surface area contributed by atoms with Crippen molar-refractivity contribution in [2.75, 3.05) is 5.32 Å². The lowest BCUT2D eigenvalue weighted by atomic mass is 10.1. The number of carbonyl (C=O) groups excluding carboxylic acids is 1. The Balaban J connectivity index is 1.54. The van der Waals surface area contributed by atoms with Gasteiger partial charge in [-0.25, -0.2) is 14.4 Å². The number of amides is 1. The zero-order valence-corrected chi connectivity index (χ0v) is 16.8. The molecule has 31 heavy (non-hydrogen) atoms. The van der Waals surface area contributed by atoms with E-state index in [-0.39, 0.29) is 11.8 Å². The summed E-state index contributed by atoms with van der Waals surface area (Å²) in [7, 11) is 0. The lowest BCUT2D eigenvalue weighted by molar-refractivity contribution is 0.102.